The van der Waals surface area contributed by atoms with Gasteiger partial charge in [0.25, 0.3) is 5.69 Å². The number of hydrogen-bond donors (Lipinski definition) is 2. The fourth-order valence-corrected chi connectivity index (χ4v) is 4.64. The maximum absolute atomic E-state index is 12.5. The van der Waals surface area contributed by atoms with E-state index in [1.807, 2.05) is 6.07 Å². The zero-order chi connectivity index (χ0) is 20.9. The molecular formula is C20H23N3O5S. The second-order valence-corrected chi connectivity index (χ2v) is 9.01. The molecule has 2 aromatic carbocycles. The molecule has 3 rings (SSSR count). The summed E-state index contributed by atoms with van der Waals surface area (Å²) in [6, 6.07) is 11.4. The minimum Gasteiger partial charge on any atom is -0.378 e. The highest BCUT2D eigenvalue weighted by Crippen LogP contribution is 2.25. The summed E-state index contributed by atoms with van der Waals surface area (Å²) in [5, 5.41) is 16.5. The van der Waals surface area contributed by atoms with Crippen molar-refractivity contribution in [1.29, 1.82) is 0 Å². The number of rotatable bonds is 9. The van der Waals surface area contributed by atoms with Crippen LogP contribution >= 0.6 is 0 Å². The number of nitro benzene ring substituents is 1. The van der Waals surface area contributed by atoms with Gasteiger partial charge in [-0.2, -0.15) is 0 Å². The van der Waals surface area contributed by atoms with Gasteiger partial charge in [-0.1, -0.05) is 18.2 Å². The predicted octanol–water partition coefficient (Wildman–Crippen LogP) is 2.48. The van der Waals surface area contributed by atoms with E-state index in [4.69, 9.17) is 0 Å². The number of sulfone groups is 1. The summed E-state index contributed by atoms with van der Waals surface area (Å²) in [7, 11) is -3.52. The van der Waals surface area contributed by atoms with Crippen LogP contribution in [0, 0.1) is 10.1 Å². The molecule has 1 aliphatic carbocycles. The van der Waals surface area contributed by atoms with Gasteiger partial charge in [0.15, 0.2) is 9.84 Å². The maximum atomic E-state index is 12.5. The van der Waals surface area contributed by atoms with Crippen molar-refractivity contribution in [3.8, 4) is 0 Å². The smallest absolute Gasteiger partial charge is 0.292 e. The number of para-hydroxylation sites is 2. The van der Waals surface area contributed by atoms with Crippen molar-refractivity contribution in [3.63, 3.8) is 0 Å². The van der Waals surface area contributed by atoms with Gasteiger partial charge in [-0.3, -0.25) is 14.9 Å². The molecule has 0 saturated carbocycles. The summed E-state index contributed by atoms with van der Waals surface area (Å²) < 4.78 is 25.0. The lowest BCUT2D eigenvalue weighted by Crippen LogP contribution is -2.30. The molecule has 0 radical (unpaired) electrons. The van der Waals surface area contributed by atoms with Crippen molar-refractivity contribution in [2.75, 3.05) is 24.2 Å². The number of carbonyl (C=O) groups is 1. The van der Waals surface area contributed by atoms with Crippen LogP contribution in [0.25, 0.3) is 0 Å². The van der Waals surface area contributed by atoms with Crippen molar-refractivity contribution >= 4 is 27.1 Å². The first-order chi connectivity index (χ1) is 13.9. The van der Waals surface area contributed by atoms with Crippen LogP contribution in [0.15, 0.2) is 47.4 Å². The molecule has 0 saturated heterocycles. The van der Waals surface area contributed by atoms with Crippen LogP contribution in [-0.4, -0.2) is 38.1 Å². The summed E-state index contributed by atoms with van der Waals surface area (Å²) >= 11 is 0. The number of aryl methyl sites for hydroxylation is 2. The second-order valence-electron chi connectivity index (χ2n) is 6.90. The minimum atomic E-state index is -3.52. The van der Waals surface area contributed by atoms with Crippen LogP contribution in [0.2, 0.25) is 0 Å². The second kappa shape index (κ2) is 9.04. The predicted molar refractivity (Wildman–Crippen MR) is 110 cm³/mol. The molecule has 8 nitrogen and oxygen atoms in total. The summed E-state index contributed by atoms with van der Waals surface area (Å²) in [5.74, 6) is -0.631. The van der Waals surface area contributed by atoms with Gasteiger partial charge in [0.1, 0.15) is 5.69 Å². The zero-order valence-corrected chi connectivity index (χ0v) is 16.7. The molecule has 9 heteroatoms. The standard InChI is InChI=1S/C20H23N3O5S/c24-20(22-12-11-21-18-6-1-2-7-19(18)23(25)26)10-13-29(27,28)17-9-8-15-4-3-5-16(15)14-17/h1-2,6-9,14,21H,3-5,10-13H2,(H,22,24). The normalized spacial score (nSPS) is 13.0. The Labute approximate surface area is 169 Å². The van der Waals surface area contributed by atoms with Crippen LogP contribution in [-0.2, 0) is 27.5 Å². The SMILES string of the molecule is O=C(CCS(=O)(=O)c1ccc2c(c1)CCC2)NCCNc1ccccc1[N+](=O)[O-]. The summed E-state index contributed by atoms with van der Waals surface area (Å²) in [5.41, 5.74) is 2.61. The average molecular weight is 417 g/mol. The van der Waals surface area contributed by atoms with Gasteiger partial charge in [0.05, 0.1) is 15.6 Å². The van der Waals surface area contributed by atoms with E-state index in [0.29, 0.717) is 5.69 Å². The Balaban J connectivity index is 1.45. The number of anilines is 1. The lowest BCUT2D eigenvalue weighted by molar-refractivity contribution is -0.384. The maximum Gasteiger partial charge on any atom is 0.292 e. The topological polar surface area (TPSA) is 118 Å². The number of carbonyl (C=O) groups excluding carboxylic acids is 1. The molecule has 0 heterocycles. The first kappa shape index (κ1) is 20.8. The van der Waals surface area contributed by atoms with Gasteiger partial charge in [-0.15, -0.1) is 0 Å². The first-order valence-electron chi connectivity index (χ1n) is 9.45. The summed E-state index contributed by atoms with van der Waals surface area (Å²) in [6.45, 7) is 0.512. The number of amides is 1. The van der Waals surface area contributed by atoms with Crippen LogP contribution in [0.3, 0.4) is 0 Å². The molecule has 0 spiro atoms. The van der Waals surface area contributed by atoms with Crippen LogP contribution in [0.5, 0.6) is 0 Å². The molecule has 0 atom stereocenters. The lowest BCUT2D eigenvalue weighted by atomic mass is 10.1. The van der Waals surface area contributed by atoms with E-state index in [1.165, 1.54) is 11.6 Å². The third-order valence-electron chi connectivity index (χ3n) is 4.89. The monoisotopic (exact) mass is 417 g/mol. The number of benzene rings is 2. The number of nitro groups is 1. The molecule has 154 valence electrons. The summed E-state index contributed by atoms with van der Waals surface area (Å²) in [6.07, 6.45) is 2.79. The van der Waals surface area contributed by atoms with E-state index >= 15 is 0 Å². The fraction of sp³-hybridized carbons (Fsp3) is 0.350. The van der Waals surface area contributed by atoms with E-state index < -0.39 is 14.8 Å². The molecular weight excluding hydrogens is 394 g/mol. The number of fused-ring (bicyclic) bond motifs is 1. The molecule has 0 aliphatic heterocycles. The third-order valence-corrected chi connectivity index (χ3v) is 6.60. The van der Waals surface area contributed by atoms with Gasteiger partial charge in [0.2, 0.25) is 5.91 Å². The van der Waals surface area contributed by atoms with Gasteiger partial charge in [0, 0.05) is 25.6 Å². The molecule has 29 heavy (non-hydrogen) atoms. The van der Waals surface area contributed by atoms with E-state index in [-0.39, 0.29) is 41.8 Å². The number of nitrogens with one attached hydrogen (secondary N) is 2. The molecule has 1 aliphatic rings. The zero-order valence-electron chi connectivity index (χ0n) is 15.9. The van der Waals surface area contributed by atoms with Crippen molar-refractivity contribution < 1.29 is 18.1 Å². The highest BCUT2D eigenvalue weighted by Gasteiger charge is 2.20. The van der Waals surface area contributed by atoms with Crippen LogP contribution in [0.1, 0.15) is 24.0 Å². The Bertz CT molecular complexity index is 1020. The fourth-order valence-electron chi connectivity index (χ4n) is 3.36. The Morgan fingerprint density at radius 2 is 1.83 bits per heavy atom. The van der Waals surface area contributed by atoms with Gasteiger partial charge >= 0.3 is 0 Å². The molecule has 0 fully saturated rings. The Hall–Kier alpha value is -2.94. The molecule has 2 aromatic rings. The quantitative estimate of drug-likeness (QED) is 0.368. The molecule has 0 unspecified atom stereocenters. The molecule has 0 bridgehead atoms. The van der Waals surface area contributed by atoms with Gasteiger partial charge in [-0.25, -0.2) is 8.42 Å². The summed E-state index contributed by atoms with van der Waals surface area (Å²) in [4.78, 5) is 22.7. The van der Waals surface area contributed by atoms with E-state index in [2.05, 4.69) is 10.6 Å². The molecule has 1 amide bonds. The average Bonchev–Trinajstić information content (AvgIpc) is 3.18. The van der Waals surface area contributed by atoms with E-state index in [9.17, 15) is 23.3 Å². The van der Waals surface area contributed by atoms with Gasteiger partial charge < -0.3 is 10.6 Å². The Kier molecular flexibility index (Phi) is 6.48. The highest BCUT2D eigenvalue weighted by molar-refractivity contribution is 7.91. The first-order valence-corrected chi connectivity index (χ1v) is 11.1. The Morgan fingerprint density at radius 3 is 2.62 bits per heavy atom. The van der Waals surface area contributed by atoms with E-state index in [1.54, 1.807) is 30.3 Å². The number of hydrogen-bond acceptors (Lipinski definition) is 6. The third kappa shape index (κ3) is 5.32. The van der Waals surface area contributed by atoms with Crippen molar-refractivity contribution in [3.05, 3.63) is 63.7 Å². The minimum absolute atomic E-state index is 0.0423. The van der Waals surface area contributed by atoms with Crippen molar-refractivity contribution in [2.24, 2.45) is 0 Å². The number of nitrogens with zero attached hydrogens (tertiary/aromatic N) is 1. The Morgan fingerprint density at radius 1 is 1.07 bits per heavy atom. The molecule has 0 aromatic heterocycles. The highest BCUT2D eigenvalue weighted by atomic mass is 32.2. The van der Waals surface area contributed by atoms with Crippen molar-refractivity contribution in [2.45, 2.75) is 30.6 Å². The van der Waals surface area contributed by atoms with E-state index in [0.717, 1.165) is 24.8 Å². The van der Waals surface area contributed by atoms with Crippen LogP contribution < -0.4 is 10.6 Å². The van der Waals surface area contributed by atoms with Crippen LogP contribution in [0.4, 0.5) is 11.4 Å². The molecule has 2 N–H and O–H groups in total. The van der Waals surface area contributed by atoms with Crippen molar-refractivity contribution in [1.82, 2.24) is 5.32 Å². The van der Waals surface area contributed by atoms with Gasteiger partial charge in [-0.05, 0) is 48.6 Å². The largest absolute Gasteiger partial charge is 0.378 e. The lowest BCUT2D eigenvalue weighted by Gasteiger charge is -2.09.